The Balaban J connectivity index is 2.06. The zero-order valence-corrected chi connectivity index (χ0v) is 8.93. The fraction of sp³-hybridized carbons (Fsp3) is 0.286. The summed E-state index contributed by atoms with van der Waals surface area (Å²) in [5.74, 6) is 1.02. The smallest absolute Gasteiger partial charge is 0.0890 e. The molecule has 0 amide bonds. The lowest BCUT2D eigenvalue weighted by Gasteiger charge is -2.31. The third-order valence-electron chi connectivity index (χ3n) is 3.69. The third-order valence-corrected chi connectivity index (χ3v) is 3.69. The third kappa shape index (κ3) is 1.02. The molecule has 0 saturated carbocycles. The lowest BCUT2D eigenvalue weighted by atomic mass is 9.76. The van der Waals surface area contributed by atoms with Crippen LogP contribution in [0.2, 0.25) is 0 Å². The second-order valence-electron chi connectivity index (χ2n) is 4.66. The van der Waals surface area contributed by atoms with Crippen LogP contribution < -0.4 is 0 Å². The minimum Gasteiger partial charge on any atom is -0.249 e. The number of hydrogen-bond acceptors (Lipinski definition) is 2. The van der Waals surface area contributed by atoms with E-state index in [4.69, 9.17) is 9.97 Å². The highest BCUT2D eigenvalue weighted by atomic mass is 14.8. The zero-order chi connectivity index (χ0) is 10.5. The lowest BCUT2D eigenvalue weighted by molar-refractivity contribution is 0.529. The molecular weight excluding hydrogens is 196 g/mol. The van der Waals surface area contributed by atoms with Crippen molar-refractivity contribution in [1.29, 1.82) is 0 Å². The van der Waals surface area contributed by atoms with Gasteiger partial charge in [-0.05, 0) is 25.0 Å². The van der Waals surface area contributed by atoms with Gasteiger partial charge in [-0.3, -0.25) is 0 Å². The van der Waals surface area contributed by atoms with Crippen LogP contribution in [0.3, 0.4) is 0 Å². The van der Waals surface area contributed by atoms with Gasteiger partial charge < -0.3 is 0 Å². The SMILES string of the molecule is C1=CC2CCC1c1nc3ccccc3nc12. The van der Waals surface area contributed by atoms with Gasteiger partial charge in [0.25, 0.3) is 0 Å². The Bertz CT molecular complexity index is 548. The number of rotatable bonds is 0. The fourth-order valence-corrected chi connectivity index (χ4v) is 2.85. The van der Waals surface area contributed by atoms with Crippen LogP contribution in [0.15, 0.2) is 36.4 Å². The molecule has 78 valence electrons. The first kappa shape index (κ1) is 8.45. The van der Waals surface area contributed by atoms with Crippen molar-refractivity contribution in [1.82, 2.24) is 9.97 Å². The van der Waals surface area contributed by atoms with E-state index in [0.29, 0.717) is 11.8 Å². The largest absolute Gasteiger partial charge is 0.249 e. The molecule has 3 aliphatic rings. The van der Waals surface area contributed by atoms with E-state index < -0.39 is 0 Å². The number of benzene rings is 1. The normalized spacial score (nSPS) is 26.0. The first-order valence-corrected chi connectivity index (χ1v) is 5.87. The molecule has 1 aromatic carbocycles. The molecule has 0 fully saturated rings. The molecule has 3 aliphatic carbocycles. The predicted molar refractivity (Wildman–Crippen MR) is 63.4 cm³/mol. The first-order valence-electron chi connectivity index (χ1n) is 5.87. The fourth-order valence-electron chi connectivity index (χ4n) is 2.85. The van der Waals surface area contributed by atoms with Crippen LogP contribution in [0.25, 0.3) is 11.0 Å². The van der Waals surface area contributed by atoms with Crippen molar-refractivity contribution in [2.45, 2.75) is 24.7 Å². The highest BCUT2D eigenvalue weighted by Gasteiger charge is 2.31. The molecule has 2 aromatic rings. The topological polar surface area (TPSA) is 25.8 Å². The standard InChI is InChI=1S/C14H12N2/c1-2-4-12-11(3-1)15-13-9-5-7-10(8-6-9)14(13)16-12/h1-5,7,9-10H,6,8H2. The molecular formula is C14H12N2. The van der Waals surface area contributed by atoms with Crippen molar-refractivity contribution in [3.05, 3.63) is 47.8 Å². The van der Waals surface area contributed by atoms with Crippen molar-refractivity contribution in [3.63, 3.8) is 0 Å². The van der Waals surface area contributed by atoms with Gasteiger partial charge in [0, 0.05) is 11.8 Å². The number of allylic oxidation sites excluding steroid dienone is 2. The van der Waals surface area contributed by atoms with Gasteiger partial charge in [0.05, 0.1) is 22.4 Å². The molecule has 1 heterocycles. The molecule has 1 aromatic heterocycles. The highest BCUT2D eigenvalue weighted by molar-refractivity contribution is 5.74. The van der Waals surface area contributed by atoms with Crippen LogP contribution in [0, 0.1) is 0 Å². The van der Waals surface area contributed by atoms with E-state index in [1.807, 2.05) is 12.1 Å². The van der Waals surface area contributed by atoms with Crippen LogP contribution in [0.4, 0.5) is 0 Å². The van der Waals surface area contributed by atoms with Gasteiger partial charge in [0.2, 0.25) is 0 Å². The molecule has 2 atom stereocenters. The molecule has 0 spiro atoms. The van der Waals surface area contributed by atoms with Gasteiger partial charge in [-0.2, -0.15) is 0 Å². The van der Waals surface area contributed by atoms with Crippen LogP contribution in [0.1, 0.15) is 36.1 Å². The zero-order valence-electron chi connectivity index (χ0n) is 8.93. The molecule has 2 nitrogen and oxygen atoms in total. The van der Waals surface area contributed by atoms with Crippen LogP contribution in [0.5, 0.6) is 0 Å². The maximum atomic E-state index is 4.78. The minimum absolute atomic E-state index is 0.511. The monoisotopic (exact) mass is 208 g/mol. The Hall–Kier alpha value is -1.70. The van der Waals surface area contributed by atoms with Crippen LogP contribution in [-0.4, -0.2) is 9.97 Å². The van der Waals surface area contributed by atoms with Gasteiger partial charge in [0.1, 0.15) is 0 Å². The van der Waals surface area contributed by atoms with Gasteiger partial charge in [-0.1, -0.05) is 24.3 Å². The van der Waals surface area contributed by atoms with Gasteiger partial charge in [-0.25, -0.2) is 9.97 Å². The van der Waals surface area contributed by atoms with Crippen molar-refractivity contribution >= 4 is 11.0 Å². The summed E-state index contributed by atoms with van der Waals surface area (Å²) in [6.07, 6.45) is 7.09. The molecule has 0 radical (unpaired) electrons. The average Bonchev–Trinajstić information content (AvgIpc) is 2.38. The van der Waals surface area contributed by atoms with Gasteiger partial charge >= 0.3 is 0 Å². The molecule has 2 heteroatoms. The van der Waals surface area contributed by atoms with E-state index in [9.17, 15) is 0 Å². The summed E-state index contributed by atoms with van der Waals surface area (Å²) in [5.41, 5.74) is 4.50. The Kier molecular flexibility index (Phi) is 1.54. The average molecular weight is 208 g/mol. The molecule has 0 saturated heterocycles. The molecule has 2 unspecified atom stereocenters. The Morgan fingerprint density at radius 1 is 0.812 bits per heavy atom. The molecule has 16 heavy (non-hydrogen) atoms. The predicted octanol–water partition coefficient (Wildman–Crippen LogP) is 3.16. The maximum Gasteiger partial charge on any atom is 0.0890 e. The summed E-state index contributed by atoms with van der Waals surface area (Å²) in [6.45, 7) is 0. The van der Waals surface area contributed by atoms with Crippen LogP contribution in [-0.2, 0) is 0 Å². The number of nitrogens with zero attached hydrogens (tertiary/aromatic N) is 2. The van der Waals surface area contributed by atoms with Crippen LogP contribution >= 0.6 is 0 Å². The van der Waals surface area contributed by atoms with E-state index >= 15 is 0 Å². The summed E-state index contributed by atoms with van der Waals surface area (Å²) >= 11 is 0. The quantitative estimate of drug-likeness (QED) is 0.621. The van der Waals surface area contributed by atoms with Gasteiger partial charge in [0.15, 0.2) is 0 Å². The second-order valence-corrected chi connectivity index (χ2v) is 4.66. The van der Waals surface area contributed by atoms with E-state index in [1.165, 1.54) is 24.2 Å². The Labute approximate surface area is 94.0 Å². The van der Waals surface area contributed by atoms with Crippen molar-refractivity contribution in [2.24, 2.45) is 0 Å². The number of para-hydroxylation sites is 2. The maximum absolute atomic E-state index is 4.78. The van der Waals surface area contributed by atoms with E-state index in [-0.39, 0.29) is 0 Å². The minimum atomic E-state index is 0.511. The summed E-state index contributed by atoms with van der Waals surface area (Å²) in [4.78, 5) is 9.57. The lowest BCUT2D eigenvalue weighted by Crippen LogP contribution is -2.20. The van der Waals surface area contributed by atoms with Gasteiger partial charge in [-0.15, -0.1) is 0 Å². The molecule has 2 bridgehead atoms. The number of hydrogen-bond donors (Lipinski definition) is 0. The first-order chi connectivity index (χ1) is 7.92. The number of fused-ring (bicyclic) bond motifs is 2. The van der Waals surface area contributed by atoms with Crippen molar-refractivity contribution < 1.29 is 0 Å². The Morgan fingerprint density at radius 2 is 1.31 bits per heavy atom. The summed E-state index contributed by atoms with van der Waals surface area (Å²) in [6, 6.07) is 8.16. The highest BCUT2D eigenvalue weighted by Crippen LogP contribution is 2.43. The summed E-state index contributed by atoms with van der Waals surface area (Å²) in [7, 11) is 0. The number of aromatic nitrogens is 2. The van der Waals surface area contributed by atoms with Crippen molar-refractivity contribution in [3.8, 4) is 0 Å². The Morgan fingerprint density at radius 3 is 1.75 bits per heavy atom. The van der Waals surface area contributed by atoms with E-state index in [0.717, 1.165) is 11.0 Å². The summed E-state index contributed by atoms with van der Waals surface area (Å²) in [5, 5.41) is 0. The van der Waals surface area contributed by atoms with Crippen molar-refractivity contribution in [2.75, 3.05) is 0 Å². The molecule has 0 aliphatic heterocycles. The second kappa shape index (κ2) is 2.91. The molecule has 5 rings (SSSR count). The van der Waals surface area contributed by atoms with E-state index in [2.05, 4.69) is 24.3 Å². The molecule has 0 N–H and O–H groups in total. The summed E-state index contributed by atoms with van der Waals surface area (Å²) < 4.78 is 0. The van der Waals surface area contributed by atoms with E-state index in [1.54, 1.807) is 0 Å².